The third kappa shape index (κ3) is 2.27. The van der Waals surface area contributed by atoms with Gasteiger partial charge in [-0.2, -0.15) is 0 Å². The monoisotopic (exact) mass is 302 g/mol. The molecule has 2 fully saturated rings. The number of carbonyl (C=O) groups is 2. The number of likely N-dealkylation sites (tertiary alicyclic amines) is 1. The van der Waals surface area contributed by atoms with Gasteiger partial charge < -0.3 is 5.32 Å². The van der Waals surface area contributed by atoms with Crippen LogP contribution >= 0.6 is 0 Å². The van der Waals surface area contributed by atoms with Crippen LogP contribution in [0.3, 0.4) is 0 Å². The zero-order valence-electron chi connectivity index (χ0n) is 13.2. The smallest absolute Gasteiger partial charge is 0.322 e. The Hall–Kier alpha value is -1.95. The number of nitrogens with one attached hydrogen (secondary N) is 1. The summed E-state index contributed by atoms with van der Waals surface area (Å²) in [4.78, 5) is 32.4. The fourth-order valence-corrected chi connectivity index (χ4v) is 3.41. The summed E-state index contributed by atoms with van der Waals surface area (Å²) in [5.41, 5.74) is 0.423. The third-order valence-corrected chi connectivity index (χ3v) is 4.74. The molecule has 0 saturated carbocycles. The van der Waals surface area contributed by atoms with Gasteiger partial charge in [-0.25, -0.2) is 4.79 Å². The Labute approximate surface area is 130 Å². The van der Waals surface area contributed by atoms with Gasteiger partial charge in [-0.1, -0.05) is 0 Å². The summed E-state index contributed by atoms with van der Waals surface area (Å²) >= 11 is 0. The molecule has 6 nitrogen and oxygen atoms in total. The second-order valence-electron chi connectivity index (χ2n) is 6.46. The quantitative estimate of drug-likeness (QED) is 0.860. The summed E-state index contributed by atoms with van der Waals surface area (Å²) in [5.74, 6) is -0.0862. The summed E-state index contributed by atoms with van der Waals surface area (Å²) in [6, 6.07) is 3.80. The van der Waals surface area contributed by atoms with Crippen molar-refractivity contribution < 1.29 is 9.59 Å². The Morgan fingerprint density at radius 3 is 2.50 bits per heavy atom. The molecule has 3 heterocycles. The van der Waals surface area contributed by atoms with Crippen molar-refractivity contribution in [1.82, 2.24) is 20.1 Å². The molecular weight excluding hydrogens is 280 g/mol. The van der Waals surface area contributed by atoms with E-state index in [2.05, 4.69) is 22.1 Å². The minimum atomic E-state index is -0.747. The molecule has 0 aromatic carbocycles. The van der Waals surface area contributed by atoms with E-state index in [1.54, 1.807) is 12.4 Å². The average Bonchev–Trinajstić information content (AvgIpc) is 3.02. The van der Waals surface area contributed by atoms with E-state index in [0.29, 0.717) is 13.0 Å². The molecule has 22 heavy (non-hydrogen) atoms. The Balaban J connectivity index is 1.78. The van der Waals surface area contributed by atoms with Gasteiger partial charge in [0.1, 0.15) is 5.54 Å². The number of urea groups is 1. The molecule has 118 valence electrons. The number of hydrogen-bond acceptors (Lipinski definition) is 4. The number of carbonyl (C=O) groups excluding carboxylic acids is 2. The maximum atomic E-state index is 12.7. The fourth-order valence-electron chi connectivity index (χ4n) is 3.41. The van der Waals surface area contributed by atoms with Crippen LogP contribution in [0.4, 0.5) is 4.79 Å². The normalized spacial score (nSPS) is 27.0. The van der Waals surface area contributed by atoms with Crippen LogP contribution in [0.2, 0.25) is 0 Å². The number of aromatic nitrogens is 1. The molecule has 1 spiro atoms. The summed E-state index contributed by atoms with van der Waals surface area (Å²) in [5, 5.41) is 2.93. The van der Waals surface area contributed by atoms with Crippen molar-refractivity contribution in [2.24, 2.45) is 0 Å². The maximum Gasteiger partial charge on any atom is 0.325 e. The molecule has 3 amide bonds. The molecule has 0 bridgehead atoms. The van der Waals surface area contributed by atoms with E-state index >= 15 is 0 Å². The maximum absolute atomic E-state index is 12.7. The van der Waals surface area contributed by atoms with Crippen LogP contribution in [0.25, 0.3) is 0 Å². The number of nitrogens with zero attached hydrogens (tertiary/aromatic N) is 3. The fraction of sp³-hybridized carbons (Fsp3) is 0.562. The molecule has 1 aromatic heterocycles. The van der Waals surface area contributed by atoms with Gasteiger partial charge in [0.25, 0.3) is 5.91 Å². The van der Waals surface area contributed by atoms with Gasteiger partial charge >= 0.3 is 6.03 Å². The predicted molar refractivity (Wildman–Crippen MR) is 82.1 cm³/mol. The molecule has 0 aliphatic carbocycles. The average molecular weight is 302 g/mol. The van der Waals surface area contributed by atoms with Gasteiger partial charge in [0.15, 0.2) is 0 Å². The van der Waals surface area contributed by atoms with Gasteiger partial charge in [0.2, 0.25) is 0 Å². The van der Waals surface area contributed by atoms with Crippen LogP contribution in [-0.4, -0.2) is 51.4 Å². The van der Waals surface area contributed by atoms with Crippen molar-refractivity contribution >= 4 is 11.9 Å². The van der Waals surface area contributed by atoms with Crippen molar-refractivity contribution in [1.29, 1.82) is 0 Å². The SMILES string of the molecule is CC(C)N1C(=O)N[C@]2(CCN([C@@H](C)c3ccncc3)C2)C1=O. The second kappa shape index (κ2) is 5.35. The lowest BCUT2D eigenvalue weighted by Crippen LogP contribution is -2.49. The third-order valence-electron chi connectivity index (χ3n) is 4.74. The lowest BCUT2D eigenvalue weighted by molar-refractivity contribution is -0.132. The first-order valence-corrected chi connectivity index (χ1v) is 7.74. The Morgan fingerprint density at radius 1 is 1.23 bits per heavy atom. The molecular formula is C16H22N4O2. The number of imide groups is 1. The first-order chi connectivity index (χ1) is 10.4. The minimum absolute atomic E-state index is 0.0862. The summed E-state index contributed by atoms with van der Waals surface area (Å²) in [7, 11) is 0. The van der Waals surface area contributed by atoms with Crippen LogP contribution in [-0.2, 0) is 4.79 Å². The van der Waals surface area contributed by atoms with Crippen molar-refractivity contribution in [3.05, 3.63) is 30.1 Å². The van der Waals surface area contributed by atoms with E-state index in [1.807, 2.05) is 26.0 Å². The van der Waals surface area contributed by atoms with Gasteiger partial charge in [0, 0.05) is 37.6 Å². The Kier molecular flexibility index (Phi) is 3.64. The van der Waals surface area contributed by atoms with Crippen molar-refractivity contribution in [2.45, 2.75) is 44.8 Å². The molecule has 6 heteroatoms. The van der Waals surface area contributed by atoms with E-state index in [-0.39, 0.29) is 24.0 Å². The molecule has 2 saturated heterocycles. The zero-order valence-corrected chi connectivity index (χ0v) is 13.2. The lowest BCUT2D eigenvalue weighted by Gasteiger charge is -2.27. The first kappa shape index (κ1) is 15.0. The van der Waals surface area contributed by atoms with Crippen molar-refractivity contribution in [2.75, 3.05) is 13.1 Å². The van der Waals surface area contributed by atoms with E-state index < -0.39 is 5.54 Å². The Morgan fingerprint density at radius 2 is 1.91 bits per heavy atom. The van der Waals surface area contributed by atoms with Crippen LogP contribution < -0.4 is 5.32 Å². The molecule has 0 radical (unpaired) electrons. The minimum Gasteiger partial charge on any atom is -0.322 e. The van der Waals surface area contributed by atoms with Crippen LogP contribution in [0, 0.1) is 0 Å². The zero-order chi connectivity index (χ0) is 15.9. The van der Waals surface area contributed by atoms with E-state index in [9.17, 15) is 9.59 Å². The predicted octanol–water partition coefficient (Wildman–Crippen LogP) is 1.55. The van der Waals surface area contributed by atoms with Gasteiger partial charge in [0.05, 0.1) is 0 Å². The highest BCUT2D eigenvalue weighted by Gasteiger charge is 2.55. The lowest BCUT2D eigenvalue weighted by atomic mass is 9.98. The van der Waals surface area contributed by atoms with E-state index in [0.717, 1.165) is 6.54 Å². The molecule has 1 aromatic rings. The molecule has 3 rings (SSSR count). The van der Waals surface area contributed by atoms with Gasteiger partial charge in [-0.15, -0.1) is 0 Å². The number of rotatable bonds is 3. The van der Waals surface area contributed by atoms with Crippen molar-refractivity contribution in [3.8, 4) is 0 Å². The topological polar surface area (TPSA) is 65.5 Å². The van der Waals surface area contributed by atoms with Gasteiger partial charge in [-0.05, 0) is 44.9 Å². The van der Waals surface area contributed by atoms with E-state index in [1.165, 1.54) is 10.5 Å². The highest BCUT2D eigenvalue weighted by Crippen LogP contribution is 2.34. The van der Waals surface area contributed by atoms with Crippen LogP contribution in [0.15, 0.2) is 24.5 Å². The van der Waals surface area contributed by atoms with Gasteiger partial charge in [-0.3, -0.25) is 19.6 Å². The number of pyridine rings is 1. The molecule has 0 unspecified atom stereocenters. The summed E-state index contributed by atoms with van der Waals surface area (Å²) in [6.45, 7) is 7.20. The molecule has 1 N–H and O–H groups in total. The van der Waals surface area contributed by atoms with E-state index in [4.69, 9.17) is 0 Å². The standard InChI is InChI=1S/C16H22N4O2/c1-11(2)20-14(21)16(18-15(20)22)6-9-19(10-16)12(3)13-4-7-17-8-5-13/h4-5,7-8,11-12H,6,9-10H2,1-3H3,(H,18,22)/t12-,16-/m0/s1. The highest BCUT2D eigenvalue weighted by atomic mass is 16.2. The molecule has 2 atom stereocenters. The van der Waals surface area contributed by atoms with Crippen molar-refractivity contribution in [3.63, 3.8) is 0 Å². The summed E-state index contributed by atoms with van der Waals surface area (Å²) in [6.07, 6.45) is 4.22. The number of amides is 3. The summed E-state index contributed by atoms with van der Waals surface area (Å²) < 4.78 is 0. The molecule has 2 aliphatic rings. The second-order valence-corrected chi connectivity index (χ2v) is 6.46. The largest absolute Gasteiger partial charge is 0.325 e. The Bertz CT molecular complexity index is 589. The molecule has 2 aliphatic heterocycles. The first-order valence-electron chi connectivity index (χ1n) is 7.74. The highest BCUT2D eigenvalue weighted by molar-refractivity contribution is 6.07. The van der Waals surface area contributed by atoms with Crippen LogP contribution in [0.5, 0.6) is 0 Å². The van der Waals surface area contributed by atoms with Crippen LogP contribution in [0.1, 0.15) is 38.8 Å². The number of hydrogen-bond donors (Lipinski definition) is 1.